The summed E-state index contributed by atoms with van der Waals surface area (Å²) in [5.74, 6) is 0.119. The van der Waals surface area contributed by atoms with Gasteiger partial charge in [0.25, 0.3) is 6.43 Å². The molecule has 0 aliphatic carbocycles. The third kappa shape index (κ3) is 2.64. The molecule has 0 N–H and O–H groups in total. The quantitative estimate of drug-likeness (QED) is 0.738. The minimum absolute atomic E-state index is 0.148. The first-order valence-corrected chi connectivity index (χ1v) is 6.37. The SMILES string of the molecule is Cc1ccc(Cl)cc1Oc1ccc2nnc(C(F)F)n2n1. The van der Waals surface area contributed by atoms with Gasteiger partial charge in [0.2, 0.25) is 11.7 Å². The zero-order chi connectivity index (χ0) is 15.0. The summed E-state index contributed by atoms with van der Waals surface area (Å²) in [7, 11) is 0. The molecule has 5 nitrogen and oxygen atoms in total. The van der Waals surface area contributed by atoms with Crippen LogP contribution in [0.25, 0.3) is 5.65 Å². The maximum Gasteiger partial charge on any atom is 0.299 e. The fraction of sp³-hybridized carbons (Fsp3) is 0.154. The summed E-state index contributed by atoms with van der Waals surface area (Å²) in [6, 6.07) is 8.18. The second-order valence-corrected chi connectivity index (χ2v) is 4.75. The lowest BCUT2D eigenvalue weighted by molar-refractivity contribution is 0.137. The van der Waals surface area contributed by atoms with Gasteiger partial charge in [-0.1, -0.05) is 17.7 Å². The Morgan fingerprint density at radius 3 is 2.76 bits per heavy atom. The number of ether oxygens (including phenoxy) is 1. The second kappa shape index (κ2) is 5.25. The van der Waals surface area contributed by atoms with Gasteiger partial charge in [0.15, 0.2) is 5.65 Å². The van der Waals surface area contributed by atoms with Crippen LogP contribution in [0.1, 0.15) is 17.8 Å². The van der Waals surface area contributed by atoms with Gasteiger partial charge in [-0.05, 0) is 30.7 Å². The number of benzene rings is 1. The van der Waals surface area contributed by atoms with Crippen molar-refractivity contribution in [3.63, 3.8) is 0 Å². The molecule has 3 aromatic rings. The predicted molar refractivity (Wildman–Crippen MR) is 72.0 cm³/mol. The van der Waals surface area contributed by atoms with Crippen LogP contribution < -0.4 is 4.74 Å². The Kier molecular flexibility index (Phi) is 3.42. The molecule has 3 rings (SSSR count). The maximum absolute atomic E-state index is 12.8. The molecule has 0 radical (unpaired) electrons. The molecule has 0 amide bonds. The fourth-order valence-electron chi connectivity index (χ4n) is 1.78. The number of aryl methyl sites for hydroxylation is 1. The van der Waals surface area contributed by atoms with E-state index in [2.05, 4.69) is 15.3 Å². The molecular formula is C13H9ClF2N4O. The highest BCUT2D eigenvalue weighted by Crippen LogP contribution is 2.27. The molecule has 0 saturated carbocycles. The largest absolute Gasteiger partial charge is 0.437 e. The number of nitrogens with zero attached hydrogens (tertiary/aromatic N) is 4. The van der Waals surface area contributed by atoms with E-state index in [4.69, 9.17) is 16.3 Å². The number of rotatable bonds is 3. The lowest BCUT2D eigenvalue weighted by Crippen LogP contribution is -2.01. The van der Waals surface area contributed by atoms with Crippen molar-refractivity contribution in [1.29, 1.82) is 0 Å². The number of halogens is 3. The van der Waals surface area contributed by atoms with Gasteiger partial charge >= 0.3 is 0 Å². The molecule has 0 saturated heterocycles. The van der Waals surface area contributed by atoms with E-state index in [1.807, 2.05) is 6.92 Å². The standard InChI is InChI=1S/C13H9ClF2N4O/c1-7-2-3-8(14)6-9(7)21-11-5-4-10-17-18-13(12(15)16)20(10)19-11/h2-6,12H,1H3. The summed E-state index contributed by atoms with van der Waals surface area (Å²) in [6.07, 6.45) is -2.77. The van der Waals surface area contributed by atoms with Gasteiger partial charge in [0.1, 0.15) is 5.75 Å². The molecule has 2 aromatic heterocycles. The Balaban J connectivity index is 2.01. The molecule has 21 heavy (non-hydrogen) atoms. The molecule has 8 heteroatoms. The average Bonchev–Trinajstić information content (AvgIpc) is 2.86. The monoisotopic (exact) mass is 310 g/mol. The van der Waals surface area contributed by atoms with Gasteiger partial charge in [-0.25, -0.2) is 8.78 Å². The summed E-state index contributed by atoms with van der Waals surface area (Å²) in [4.78, 5) is 0. The molecule has 0 fully saturated rings. The number of hydrogen-bond donors (Lipinski definition) is 0. The summed E-state index contributed by atoms with van der Waals surface area (Å²) in [5.41, 5.74) is 1.07. The molecule has 2 heterocycles. The van der Waals surface area contributed by atoms with Crippen molar-refractivity contribution >= 4 is 17.2 Å². The van der Waals surface area contributed by atoms with Gasteiger partial charge in [0, 0.05) is 11.1 Å². The second-order valence-electron chi connectivity index (χ2n) is 4.31. The van der Waals surface area contributed by atoms with Gasteiger partial charge in [0.05, 0.1) is 0 Å². The Morgan fingerprint density at radius 2 is 2.00 bits per heavy atom. The summed E-state index contributed by atoms with van der Waals surface area (Å²) < 4.78 is 32.1. The number of fused-ring (bicyclic) bond motifs is 1. The van der Waals surface area contributed by atoms with E-state index in [0.717, 1.165) is 10.1 Å². The third-order valence-corrected chi connectivity index (χ3v) is 3.06. The van der Waals surface area contributed by atoms with Crippen molar-refractivity contribution < 1.29 is 13.5 Å². The van der Waals surface area contributed by atoms with E-state index < -0.39 is 12.2 Å². The Hall–Kier alpha value is -2.28. The molecule has 108 valence electrons. The van der Waals surface area contributed by atoms with Crippen LogP contribution in [0, 0.1) is 6.92 Å². The first kappa shape index (κ1) is 13.7. The average molecular weight is 311 g/mol. The minimum Gasteiger partial charge on any atom is -0.437 e. The zero-order valence-corrected chi connectivity index (χ0v) is 11.6. The lowest BCUT2D eigenvalue weighted by atomic mass is 10.2. The van der Waals surface area contributed by atoms with Crippen LogP contribution in [0.2, 0.25) is 5.02 Å². The van der Waals surface area contributed by atoms with Crippen LogP contribution in [-0.4, -0.2) is 19.8 Å². The Morgan fingerprint density at radius 1 is 1.19 bits per heavy atom. The maximum atomic E-state index is 12.8. The number of hydrogen-bond acceptors (Lipinski definition) is 4. The number of aromatic nitrogens is 4. The lowest BCUT2D eigenvalue weighted by Gasteiger charge is -2.08. The highest BCUT2D eigenvalue weighted by Gasteiger charge is 2.17. The van der Waals surface area contributed by atoms with Crippen molar-refractivity contribution in [3.05, 3.63) is 46.7 Å². The number of alkyl halides is 2. The summed E-state index contributed by atoms with van der Waals surface area (Å²) in [6.45, 7) is 1.84. The van der Waals surface area contributed by atoms with Crippen LogP contribution in [-0.2, 0) is 0 Å². The fourth-order valence-corrected chi connectivity index (χ4v) is 1.94. The summed E-state index contributed by atoms with van der Waals surface area (Å²) in [5, 5.41) is 11.5. The normalized spacial score (nSPS) is 11.3. The molecule has 0 unspecified atom stereocenters. The van der Waals surface area contributed by atoms with Crippen molar-refractivity contribution in [1.82, 2.24) is 19.8 Å². The summed E-state index contributed by atoms with van der Waals surface area (Å²) >= 11 is 5.90. The minimum atomic E-state index is -2.77. The first-order valence-electron chi connectivity index (χ1n) is 5.99. The molecule has 0 atom stereocenters. The predicted octanol–water partition coefficient (Wildman–Crippen LogP) is 3.82. The Bertz CT molecular complexity index is 806. The molecule has 1 aromatic carbocycles. The van der Waals surface area contributed by atoms with Crippen LogP contribution >= 0.6 is 11.6 Å². The van der Waals surface area contributed by atoms with E-state index in [1.165, 1.54) is 12.1 Å². The first-order chi connectivity index (χ1) is 10.0. The van der Waals surface area contributed by atoms with Crippen molar-refractivity contribution in [2.45, 2.75) is 13.3 Å². The Labute approximate surface area is 123 Å². The van der Waals surface area contributed by atoms with Gasteiger partial charge in [-0.2, -0.15) is 4.52 Å². The molecular weight excluding hydrogens is 302 g/mol. The molecule has 0 aliphatic rings. The molecule has 0 bridgehead atoms. The van der Waals surface area contributed by atoms with Gasteiger partial charge in [-0.3, -0.25) is 0 Å². The van der Waals surface area contributed by atoms with Crippen LogP contribution in [0.4, 0.5) is 8.78 Å². The van der Waals surface area contributed by atoms with Crippen molar-refractivity contribution in [2.24, 2.45) is 0 Å². The zero-order valence-electron chi connectivity index (χ0n) is 10.8. The van der Waals surface area contributed by atoms with E-state index in [1.54, 1.807) is 18.2 Å². The van der Waals surface area contributed by atoms with Gasteiger partial charge < -0.3 is 4.74 Å². The van der Waals surface area contributed by atoms with E-state index in [9.17, 15) is 8.78 Å². The third-order valence-electron chi connectivity index (χ3n) is 2.82. The van der Waals surface area contributed by atoms with E-state index >= 15 is 0 Å². The van der Waals surface area contributed by atoms with Gasteiger partial charge in [-0.15, -0.1) is 15.3 Å². The highest BCUT2D eigenvalue weighted by molar-refractivity contribution is 6.30. The topological polar surface area (TPSA) is 52.3 Å². The van der Waals surface area contributed by atoms with E-state index in [-0.39, 0.29) is 11.5 Å². The van der Waals surface area contributed by atoms with Crippen molar-refractivity contribution in [2.75, 3.05) is 0 Å². The highest BCUT2D eigenvalue weighted by atomic mass is 35.5. The van der Waals surface area contributed by atoms with Crippen molar-refractivity contribution in [3.8, 4) is 11.6 Å². The molecule has 0 spiro atoms. The van der Waals surface area contributed by atoms with Crippen LogP contribution in [0.5, 0.6) is 11.6 Å². The molecule has 0 aliphatic heterocycles. The van der Waals surface area contributed by atoms with Crippen LogP contribution in [0.3, 0.4) is 0 Å². The van der Waals surface area contributed by atoms with E-state index in [0.29, 0.717) is 10.8 Å². The van der Waals surface area contributed by atoms with Crippen LogP contribution in [0.15, 0.2) is 30.3 Å². The smallest absolute Gasteiger partial charge is 0.299 e.